The van der Waals surface area contributed by atoms with Crippen molar-refractivity contribution in [2.24, 2.45) is 11.7 Å². The van der Waals surface area contributed by atoms with E-state index in [1.165, 1.54) is 5.56 Å². The highest BCUT2D eigenvalue weighted by Crippen LogP contribution is 2.18. The number of hydrogen-bond acceptors (Lipinski definition) is 3. The van der Waals surface area contributed by atoms with Crippen LogP contribution in [-0.4, -0.2) is 28.6 Å². The van der Waals surface area contributed by atoms with Gasteiger partial charge >= 0.3 is 0 Å². The average molecular weight is 326 g/mol. The van der Waals surface area contributed by atoms with Crippen LogP contribution in [0.1, 0.15) is 35.3 Å². The third-order valence-electron chi connectivity index (χ3n) is 4.28. The minimum absolute atomic E-state index is 0.0704. The predicted molar refractivity (Wildman–Crippen MR) is 96.4 cm³/mol. The largest absolute Gasteiger partial charge is 0.395 e. The van der Waals surface area contributed by atoms with E-state index in [-0.39, 0.29) is 12.6 Å². The van der Waals surface area contributed by atoms with Crippen molar-refractivity contribution in [3.8, 4) is 0 Å². The Labute approximate surface area is 143 Å². The minimum Gasteiger partial charge on any atom is -0.395 e. The smallest absolute Gasteiger partial charge is 0.248 e. The van der Waals surface area contributed by atoms with Crippen LogP contribution in [0.2, 0.25) is 0 Å². The fourth-order valence-electron chi connectivity index (χ4n) is 2.87. The van der Waals surface area contributed by atoms with E-state index < -0.39 is 5.91 Å². The van der Waals surface area contributed by atoms with Gasteiger partial charge in [-0.3, -0.25) is 9.69 Å². The first kappa shape index (κ1) is 18.2. The van der Waals surface area contributed by atoms with Crippen LogP contribution in [0.3, 0.4) is 0 Å². The number of benzene rings is 2. The Balaban J connectivity index is 2.19. The monoisotopic (exact) mass is 326 g/mol. The summed E-state index contributed by atoms with van der Waals surface area (Å²) < 4.78 is 0. The number of nitrogens with two attached hydrogens (primary N) is 1. The Hall–Kier alpha value is -2.17. The summed E-state index contributed by atoms with van der Waals surface area (Å²) in [5.74, 6) is -0.0817. The highest BCUT2D eigenvalue weighted by molar-refractivity contribution is 5.92. The fourth-order valence-corrected chi connectivity index (χ4v) is 2.87. The van der Waals surface area contributed by atoms with Crippen LogP contribution in [0, 0.1) is 5.92 Å². The molecule has 0 aromatic heterocycles. The summed E-state index contributed by atoms with van der Waals surface area (Å²) in [6, 6.07) is 17.7. The molecule has 0 fully saturated rings. The first-order chi connectivity index (χ1) is 11.5. The second-order valence-corrected chi connectivity index (χ2v) is 6.45. The maximum absolute atomic E-state index is 11.2. The Morgan fingerprint density at radius 1 is 1.00 bits per heavy atom. The number of rotatable bonds is 8. The summed E-state index contributed by atoms with van der Waals surface area (Å²) in [4.78, 5) is 13.5. The lowest BCUT2D eigenvalue weighted by molar-refractivity contribution is 0.0784. The number of carbonyl (C=O) groups is 1. The van der Waals surface area contributed by atoms with Gasteiger partial charge < -0.3 is 10.8 Å². The van der Waals surface area contributed by atoms with Gasteiger partial charge in [-0.25, -0.2) is 0 Å². The van der Waals surface area contributed by atoms with Crippen molar-refractivity contribution in [2.45, 2.75) is 33.0 Å². The molecule has 0 bridgehead atoms. The van der Waals surface area contributed by atoms with Gasteiger partial charge in [0.2, 0.25) is 5.91 Å². The fraction of sp³-hybridized carbons (Fsp3) is 0.350. The van der Waals surface area contributed by atoms with Crippen LogP contribution >= 0.6 is 0 Å². The van der Waals surface area contributed by atoms with Crippen LogP contribution in [0.25, 0.3) is 0 Å². The summed E-state index contributed by atoms with van der Waals surface area (Å²) in [5.41, 5.74) is 8.11. The van der Waals surface area contributed by atoms with Gasteiger partial charge in [-0.15, -0.1) is 0 Å². The Morgan fingerprint density at radius 3 is 2.00 bits per heavy atom. The summed E-state index contributed by atoms with van der Waals surface area (Å²) >= 11 is 0. The van der Waals surface area contributed by atoms with Crippen molar-refractivity contribution in [3.63, 3.8) is 0 Å². The lowest BCUT2D eigenvalue weighted by Gasteiger charge is -2.33. The van der Waals surface area contributed by atoms with Crippen molar-refractivity contribution < 1.29 is 9.90 Å². The van der Waals surface area contributed by atoms with E-state index in [9.17, 15) is 9.90 Å². The van der Waals surface area contributed by atoms with Gasteiger partial charge in [0, 0.05) is 24.7 Å². The van der Waals surface area contributed by atoms with E-state index in [1.54, 1.807) is 12.1 Å². The molecule has 0 unspecified atom stereocenters. The van der Waals surface area contributed by atoms with Crippen LogP contribution in [0.4, 0.5) is 0 Å². The van der Waals surface area contributed by atoms with Gasteiger partial charge in [0.05, 0.1) is 6.61 Å². The molecule has 24 heavy (non-hydrogen) atoms. The Bertz CT molecular complexity index is 638. The first-order valence-electron chi connectivity index (χ1n) is 8.29. The number of amides is 1. The van der Waals surface area contributed by atoms with E-state index >= 15 is 0 Å². The lowest BCUT2D eigenvalue weighted by atomic mass is 10.0. The molecule has 0 saturated heterocycles. The topological polar surface area (TPSA) is 66.6 Å². The lowest BCUT2D eigenvalue weighted by Crippen LogP contribution is -2.40. The molecule has 4 heteroatoms. The number of hydrogen-bond donors (Lipinski definition) is 2. The minimum atomic E-state index is -0.418. The molecule has 0 aliphatic rings. The normalized spacial score (nSPS) is 12.5. The highest BCUT2D eigenvalue weighted by Gasteiger charge is 2.21. The number of aliphatic hydroxyl groups excluding tert-OH is 1. The molecule has 3 N–H and O–H groups in total. The molecular weight excluding hydrogens is 300 g/mol. The third kappa shape index (κ3) is 4.91. The SMILES string of the molecule is CC(C)[C@H](CO)N(Cc1ccccc1)Cc1ccc(C(N)=O)cc1. The Morgan fingerprint density at radius 2 is 1.54 bits per heavy atom. The molecule has 0 radical (unpaired) electrons. The molecule has 0 aliphatic carbocycles. The number of aliphatic hydroxyl groups is 1. The van der Waals surface area contributed by atoms with Crippen molar-refractivity contribution in [1.29, 1.82) is 0 Å². The van der Waals surface area contributed by atoms with Crippen molar-refractivity contribution in [1.82, 2.24) is 4.90 Å². The zero-order valence-electron chi connectivity index (χ0n) is 14.4. The molecule has 0 aliphatic heterocycles. The number of nitrogens with zero attached hydrogens (tertiary/aromatic N) is 1. The summed E-state index contributed by atoms with van der Waals surface area (Å²) in [6.45, 7) is 5.83. The van der Waals surface area contributed by atoms with Crippen LogP contribution in [0.5, 0.6) is 0 Å². The zero-order valence-corrected chi connectivity index (χ0v) is 14.4. The summed E-state index contributed by atoms with van der Waals surface area (Å²) in [6.07, 6.45) is 0. The molecule has 1 atom stereocenters. The number of carbonyl (C=O) groups excluding carboxylic acids is 1. The molecule has 0 saturated carbocycles. The standard InChI is InChI=1S/C20H26N2O2/c1-15(2)19(14-23)22(12-16-6-4-3-5-7-16)13-17-8-10-18(11-9-17)20(21)24/h3-11,15,19,23H,12-14H2,1-2H3,(H2,21,24)/t19-/m0/s1. The van der Waals surface area contributed by atoms with E-state index in [1.807, 2.05) is 30.3 Å². The van der Waals surface area contributed by atoms with E-state index in [4.69, 9.17) is 5.73 Å². The second kappa shape index (κ2) is 8.62. The van der Waals surface area contributed by atoms with Gasteiger partial charge in [0.15, 0.2) is 0 Å². The van der Waals surface area contributed by atoms with Gasteiger partial charge in [-0.05, 0) is 29.2 Å². The average Bonchev–Trinajstić information content (AvgIpc) is 2.56. The molecule has 4 nitrogen and oxygen atoms in total. The van der Waals surface area contributed by atoms with Gasteiger partial charge in [-0.2, -0.15) is 0 Å². The molecule has 0 heterocycles. The van der Waals surface area contributed by atoms with Crippen LogP contribution in [-0.2, 0) is 13.1 Å². The van der Waals surface area contributed by atoms with Crippen LogP contribution in [0.15, 0.2) is 54.6 Å². The van der Waals surface area contributed by atoms with Gasteiger partial charge in [0.25, 0.3) is 0 Å². The third-order valence-corrected chi connectivity index (χ3v) is 4.28. The molecule has 1 amide bonds. The van der Waals surface area contributed by atoms with Gasteiger partial charge in [-0.1, -0.05) is 56.3 Å². The quantitative estimate of drug-likeness (QED) is 0.784. The molecule has 0 spiro atoms. The predicted octanol–water partition coefficient (Wildman–Crippen LogP) is 2.80. The van der Waals surface area contributed by atoms with Crippen molar-refractivity contribution in [3.05, 3.63) is 71.3 Å². The summed E-state index contributed by atoms with van der Waals surface area (Å²) in [5, 5.41) is 9.84. The zero-order chi connectivity index (χ0) is 17.5. The molecule has 2 rings (SSSR count). The molecule has 128 valence electrons. The van der Waals surface area contributed by atoms with E-state index in [0.29, 0.717) is 18.0 Å². The molecule has 2 aromatic carbocycles. The maximum atomic E-state index is 11.2. The Kier molecular flexibility index (Phi) is 6.53. The first-order valence-corrected chi connectivity index (χ1v) is 8.29. The molecule has 2 aromatic rings. The summed E-state index contributed by atoms with van der Waals surface area (Å²) in [7, 11) is 0. The maximum Gasteiger partial charge on any atom is 0.248 e. The second-order valence-electron chi connectivity index (χ2n) is 6.45. The van der Waals surface area contributed by atoms with Gasteiger partial charge in [0.1, 0.15) is 0 Å². The highest BCUT2D eigenvalue weighted by atomic mass is 16.3. The van der Waals surface area contributed by atoms with Crippen LogP contribution < -0.4 is 5.73 Å². The van der Waals surface area contributed by atoms with Crippen molar-refractivity contribution in [2.75, 3.05) is 6.61 Å². The van der Waals surface area contributed by atoms with Crippen molar-refractivity contribution >= 4 is 5.91 Å². The van der Waals surface area contributed by atoms with E-state index in [0.717, 1.165) is 12.1 Å². The molecular formula is C20H26N2O2. The number of primary amides is 1. The van der Waals surface area contributed by atoms with E-state index in [2.05, 4.69) is 30.9 Å².